The maximum atomic E-state index is 12.7. The number of nitrogens with one attached hydrogen (secondary N) is 1. The van der Waals surface area contributed by atoms with E-state index in [4.69, 9.17) is 12.2 Å². The maximum absolute atomic E-state index is 12.7. The predicted molar refractivity (Wildman–Crippen MR) is 124 cm³/mol. The van der Waals surface area contributed by atoms with Gasteiger partial charge in [-0.2, -0.15) is 0 Å². The summed E-state index contributed by atoms with van der Waals surface area (Å²) in [7, 11) is 0. The summed E-state index contributed by atoms with van der Waals surface area (Å²) in [6.45, 7) is 3.99. The van der Waals surface area contributed by atoms with Gasteiger partial charge >= 0.3 is 5.97 Å². The molecule has 1 aromatic carbocycles. The van der Waals surface area contributed by atoms with E-state index in [1.54, 1.807) is 6.08 Å². The Morgan fingerprint density at radius 2 is 2.00 bits per heavy atom. The van der Waals surface area contributed by atoms with E-state index in [-0.39, 0.29) is 18.9 Å². The van der Waals surface area contributed by atoms with E-state index < -0.39 is 17.9 Å². The Labute approximate surface area is 186 Å². The quantitative estimate of drug-likeness (QED) is 0.418. The minimum Gasteiger partial charge on any atom is -0.480 e. The predicted octanol–water partition coefficient (Wildman–Crippen LogP) is 3.98. The minimum absolute atomic E-state index is 0.00549. The van der Waals surface area contributed by atoms with Crippen LogP contribution < -0.4 is 5.32 Å². The van der Waals surface area contributed by atoms with Crippen molar-refractivity contribution in [3.05, 3.63) is 52.4 Å². The summed E-state index contributed by atoms with van der Waals surface area (Å²) in [6, 6.07) is 8.88. The van der Waals surface area contributed by atoms with E-state index in [2.05, 4.69) is 5.32 Å². The Kier molecular flexibility index (Phi) is 9.26. The Hall–Kier alpha value is -2.45. The molecule has 1 aliphatic heterocycles. The molecule has 0 aromatic heterocycles. The van der Waals surface area contributed by atoms with Crippen LogP contribution in [0, 0.1) is 0 Å². The number of benzene rings is 1. The monoisotopic (exact) mass is 446 g/mol. The van der Waals surface area contributed by atoms with Gasteiger partial charge in [0, 0.05) is 13.0 Å². The zero-order valence-corrected chi connectivity index (χ0v) is 18.7. The third-order valence-electron chi connectivity index (χ3n) is 4.47. The fraction of sp³-hybridized carbons (Fsp3) is 0.364. The number of allylic oxidation sites excluding steroid dienone is 2. The van der Waals surface area contributed by atoms with Crippen molar-refractivity contribution in [3.8, 4) is 0 Å². The number of hydrogen-bond acceptors (Lipinski definition) is 5. The number of amides is 2. The highest BCUT2D eigenvalue weighted by Crippen LogP contribution is 2.32. The third-order valence-corrected chi connectivity index (χ3v) is 5.85. The van der Waals surface area contributed by atoms with Gasteiger partial charge in [-0.15, -0.1) is 0 Å². The van der Waals surface area contributed by atoms with E-state index in [9.17, 15) is 19.5 Å². The van der Waals surface area contributed by atoms with Crippen LogP contribution in [0.15, 0.2) is 46.9 Å². The number of unbranched alkanes of at least 4 members (excludes halogenated alkanes) is 1. The molecule has 1 atom stereocenters. The highest BCUT2D eigenvalue weighted by molar-refractivity contribution is 8.26. The van der Waals surface area contributed by atoms with Gasteiger partial charge in [0.1, 0.15) is 10.4 Å². The summed E-state index contributed by atoms with van der Waals surface area (Å²) in [5.74, 6) is -1.69. The van der Waals surface area contributed by atoms with Crippen molar-refractivity contribution in [3.63, 3.8) is 0 Å². The summed E-state index contributed by atoms with van der Waals surface area (Å²) in [6.07, 6.45) is 5.70. The molecule has 1 heterocycles. The third kappa shape index (κ3) is 7.11. The lowest BCUT2D eigenvalue weighted by molar-refractivity contribution is -0.142. The van der Waals surface area contributed by atoms with Gasteiger partial charge in [0.05, 0.1) is 4.91 Å². The Bertz CT molecular complexity index is 865. The Morgan fingerprint density at radius 1 is 1.30 bits per heavy atom. The number of nitrogens with zero attached hydrogens (tertiary/aromatic N) is 1. The Balaban J connectivity index is 1.95. The van der Waals surface area contributed by atoms with Crippen LogP contribution in [-0.2, 0) is 14.4 Å². The number of thioether (sulfide) groups is 1. The van der Waals surface area contributed by atoms with Gasteiger partial charge in [0.2, 0.25) is 5.91 Å². The normalized spacial score (nSPS) is 16.8. The first-order valence-electron chi connectivity index (χ1n) is 9.82. The van der Waals surface area contributed by atoms with Crippen LogP contribution >= 0.6 is 24.0 Å². The average molecular weight is 447 g/mol. The van der Waals surface area contributed by atoms with Gasteiger partial charge in [-0.1, -0.05) is 80.2 Å². The molecule has 1 unspecified atom stereocenters. The molecule has 2 N–H and O–H groups in total. The highest BCUT2D eigenvalue weighted by atomic mass is 32.2. The first kappa shape index (κ1) is 23.8. The number of carboxylic acid groups (broad SMARTS) is 1. The highest BCUT2D eigenvalue weighted by Gasteiger charge is 2.32. The standard InChI is InChI=1S/C22H26N2O4S2/c1-3-4-10-17(21(27)28)23-19(25)11-12-24-20(26)18(30-22(24)29)14-15(2)13-16-8-6-5-7-9-16/h5-9,13-14,17H,3-4,10-12H2,1-2H3,(H,23,25)(H,27,28)/b15-13+,18-14+. The van der Waals surface area contributed by atoms with Gasteiger partial charge in [0.15, 0.2) is 0 Å². The van der Waals surface area contributed by atoms with E-state index in [0.29, 0.717) is 22.1 Å². The molecule has 0 bridgehead atoms. The number of thiocarbonyl (C=S) groups is 1. The van der Waals surface area contributed by atoms with Gasteiger partial charge in [-0.3, -0.25) is 14.5 Å². The topological polar surface area (TPSA) is 86.7 Å². The molecule has 2 amide bonds. The number of aliphatic carboxylic acids is 1. The van der Waals surface area contributed by atoms with Gasteiger partial charge in [-0.05, 0) is 30.6 Å². The van der Waals surface area contributed by atoms with Crippen LogP contribution in [0.5, 0.6) is 0 Å². The fourth-order valence-corrected chi connectivity index (χ4v) is 4.26. The zero-order valence-electron chi connectivity index (χ0n) is 17.1. The van der Waals surface area contributed by atoms with Crippen molar-refractivity contribution in [1.29, 1.82) is 0 Å². The molecule has 0 saturated carbocycles. The number of carbonyl (C=O) groups excluding carboxylic acids is 2. The van der Waals surface area contributed by atoms with Crippen LogP contribution in [0.2, 0.25) is 0 Å². The van der Waals surface area contributed by atoms with Crippen molar-refractivity contribution in [1.82, 2.24) is 10.2 Å². The fourth-order valence-electron chi connectivity index (χ4n) is 2.90. The summed E-state index contributed by atoms with van der Waals surface area (Å²) >= 11 is 6.50. The van der Waals surface area contributed by atoms with E-state index in [1.165, 1.54) is 16.7 Å². The first-order valence-corrected chi connectivity index (χ1v) is 11.0. The van der Waals surface area contributed by atoms with Crippen molar-refractivity contribution in [2.75, 3.05) is 6.54 Å². The molecule has 2 rings (SSSR count). The largest absolute Gasteiger partial charge is 0.480 e. The van der Waals surface area contributed by atoms with Gasteiger partial charge in [-0.25, -0.2) is 4.79 Å². The second-order valence-corrected chi connectivity index (χ2v) is 8.66. The average Bonchev–Trinajstić information content (AvgIpc) is 2.96. The van der Waals surface area contributed by atoms with Crippen molar-refractivity contribution >= 4 is 52.2 Å². The van der Waals surface area contributed by atoms with Gasteiger partial charge < -0.3 is 10.4 Å². The van der Waals surface area contributed by atoms with Gasteiger partial charge in [0.25, 0.3) is 5.91 Å². The van der Waals surface area contributed by atoms with Crippen LogP contribution in [0.1, 0.15) is 45.1 Å². The first-order chi connectivity index (χ1) is 14.3. The molecule has 30 heavy (non-hydrogen) atoms. The lowest BCUT2D eigenvalue weighted by atomic mass is 10.1. The van der Waals surface area contributed by atoms with E-state index in [0.717, 1.165) is 17.6 Å². The zero-order chi connectivity index (χ0) is 22.1. The summed E-state index contributed by atoms with van der Waals surface area (Å²) in [5, 5.41) is 11.7. The second kappa shape index (κ2) is 11.7. The molecule has 1 fully saturated rings. The van der Waals surface area contributed by atoms with Crippen molar-refractivity contribution in [2.45, 2.75) is 45.6 Å². The molecule has 0 radical (unpaired) electrons. The van der Waals surface area contributed by atoms with Crippen molar-refractivity contribution in [2.24, 2.45) is 0 Å². The molecule has 6 nitrogen and oxygen atoms in total. The number of rotatable bonds is 10. The maximum Gasteiger partial charge on any atom is 0.326 e. The second-order valence-electron chi connectivity index (χ2n) is 6.98. The Morgan fingerprint density at radius 3 is 2.63 bits per heavy atom. The smallest absolute Gasteiger partial charge is 0.326 e. The molecule has 160 valence electrons. The van der Waals surface area contributed by atoms with E-state index >= 15 is 0 Å². The lowest BCUT2D eigenvalue weighted by Gasteiger charge is -2.17. The van der Waals surface area contributed by atoms with Crippen LogP contribution in [0.4, 0.5) is 0 Å². The molecule has 1 saturated heterocycles. The van der Waals surface area contributed by atoms with Crippen LogP contribution in [0.3, 0.4) is 0 Å². The number of carbonyl (C=O) groups is 3. The van der Waals surface area contributed by atoms with Crippen molar-refractivity contribution < 1.29 is 19.5 Å². The lowest BCUT2D eigenvalue weighted by Crippen LogP contribution is -2.42. The minimum atomic E-state index is -1.05. The molecule has 1 aromatic rings. The summed E-state index contributed by atoms with van der Waals surface area (Å²) in [5.41, 5.74) is 1.95. The summed E-state index contributed by atoms with van der Waals surface area (Å²) < 4.78 is 0.396. The SMILES string of the molecule is CCCCC(NC(=O)CCN1C(=O)/C(=C\C(C)=C\c2ccccc2)SC1=S)C(=O)O. The molecular formula is C22H26N2O4S2. The molecular weight excluding hydrogens is 420 g/mol. The number of hydrogen-bond donors (Lipinski definition) is 2. The molecule has 8 heteroatoms. The van der Waals surface area contributed by atoms with Crippen LogP contribution in [-0.4, -0.2) is 44.7 Å². The molecule has 1 aliphatic rings. The number of carboxylic acids is 1. The molecule has 0 aliphatic carbocycles. The molecule has 0 spiro atoms. The summed E-state index contributed by atoms with van der Waals surface area (Å²) in [4.78, 5) is 38.0. The van der Waals surface area contributed by atoms with Crippen LogP contribution in [0.25, 0.3) is 6.08 Å². The van der Waals surface area contributed by atoms with E-state index in [1.807, 2.05) is 50.3 Å².